The monoisotopic (exact) mass is 360 g/mol. The van der Waals surface area contributed by atoms with E-state index >= 15 is 0 Å². The van der Waals surface area contributed by atoms with Crippen LogP contribution in [0.4, 0.5) is 0 Å². The number of H-pyrrole nitrogens is 1. The van der Waals surface area contributed by atoms with Crippen molar-refractivity contribution >= 4 is 0 Å². The minimum Gasteiger partial charge on any atom is -0.260 e. The minimum atomic E-state index is 0.637. The third-order valence-electron chi connectivity index (χ3n) is 4.29. The van der Waals surface area contributed by atoms with Crippen LogP contribution in [0.1, 0.15) is 30.7 Å². The van der Waals surface area contributed by atoms with Gasteiger partial charge in [-0.3, -0.25) is 4.98 Å². The zero-order valence-electron chi connectivity index (χ0n) is 15.3. The van der Waals surface area contributed by atoms with Gasteiger partial charge in [0.15, 0.2) is 5.82 Å². The number of pyridine rings is 1. The lowest BCUT2D eigenvalue weighted by Gasteiger charge is -2.08. The van der Waals surface area contributed by atoms with E-state index in [2.05, 4.69) is 48.7 Å². The molecule has 0 aliphatic heterocycles. The molecule has 0 bridgehead atoms. The maximum absolute atomic E-state index is 4.64. The summed E-state index contributed by atoms with van der Waals surface area (Å²) in [5, 5.41) is 18.6. The topological polar surface area (TPSA) is 98.1 Å². The molecule has 0 amide bonds. The van der Waals surface area contributed by atoms with Gasteiger partial charge in [0, 0.05) is 36.0 Å². The lowest BCUT2D eigenvalue weighted by Crippen LogP contribution is -2.06. The molecule has 0 fully saturated rings. The summed E-state index contributed by atoms with van der Waals surface area (Å²) in [6, 6.07) is 12.1. The molecule has 0 saturated heterocycles. The van der Waals surface area contributed by atoms with Crippen molar-refractivity contribution in [2.24, 2.45) is 0 Å². The van der Waals surface area contributed by atoms with E-state index in [-0.39, 0.29) is 0 Å². The van der Waals surface area contributed by atoms with E-state index in [4.69, 9.17) is 0 Å². The minimum absolute atomic E-state index is 0.637. The summed E-state index contributed by atoms with van der Waals surface area (Å²) in [5.41, 5.74) is 3.94. The first kappa shape index (κ1) is 17.0. The average molecular weight is 360 g/mol. The van der Waals surface area contributed by atoms with Crippen molar-refractivity contribution in [3.63, 3.8) is 0 Å². The average Bonchev–Trinajstić information content (AvgIpc) is 3.33. The van der Waals surface area contributed by atoms with Crippen molar-refractivity contribution in [1.82, 2.24) is 40.4 Å². The largest absolute Gasteiger partial charge is 0.260 e. The number of hydrogen-bond acceptors (Lipinski definition) is 6. The van der Waals surface area contributed by atoms with Crippen LogP contribution in [0.15, 0.2) is 42.6 Å². The molecular weight excluding hydrogens is 340 g/mol. The van der Waals surface area contributed by atoms with Crippen molar-refractivity contribution in [1.29, 1.82) is 0 Å². The molecule has 0 unspecified atom stereocenters. The van der Waals surface area contributed by atoms with Crippen LogP contribution < -0.4 is 0 Å². The van der Waals surface area contributed by atoms with Crippen LogP contribution in [0.3, 0.4) is 0 Å². The molecule has 0 radical (unpaired) electrons. The molecule has 4 rings (SSSR count). The Bertz CT molecular complexity index is 1020. The molecule has 0 aliphatic rings. The smallest absolute Gasteiger partial charge is 0.180 e. The number of aromatic amines is 1. The summed E-state index contributed by atoms with van der Waals surface area (Å²) in [7, 11) is 0. The molecule has 136 valence electrons. The number of rotatable bonds is 6. The summed E-state index contributed by atoms with van der Waals surface area (Å²) in [6.45, 7) is 4.92. The van der Waals surface area contributed by atoms with E-state index < -0.39 is 0 Å². The zero-order chi connectivity index (χ0) is 18.6. The second kappa shape index (κ2) is 7.45. The standard InChI is InChI=1S/C19H20N8/c1-3-10-27-18(21-13(2)24-27)11-15-9-8-14(12-20-15)16-6-4-5-7-17(16)19-22-25-26-23-19/h4-9,12H,3,10-11H2,1-2H3,(H,22,23,25,26). The van der Waals surface area contributed by atoms with E-state index in [1.54, 1.807) is 0 Å². The van der Waals surface area contributed by atoms with Crippen molar-refractivity contribution in [3.05, 3.63) is 59.9 Å². The lowest BCUT2D eigenvalue weighted by molar-refractivity contribution is 0.572. The Kier molecular flexibility index (Phi) is 4.69. The highest BCUT2D eigenvalue weighted by atomic mass is 15.5. The fraction of sp³-hybridized carbons (Fsp3) is 0.263. The third kappa shape index (κ3) is 3.59. The van der Waals surface area contributed by atoms with Gasteiger partial charge in [-0.1, -0.05) is 37.3 Å². The second-order valence-electron chi connectivity index (χ2n) is 6.31. The van der Waals surface area contributed by atoms with E-state index in [0.29, 0.717) is 12.2 Å². The van der Waals surface area contributed by atoms with Gasteiger partial charge in [0.25, 0.3) is 0 Å². The van der Waals surface area contributed by atoms with Crippen LogP contribution >= 0.6 is 0 Å². The molecule has 8 heteroatoms. The predicted molar refractivity (Wildman–Crippen MR) is 101 cm³/mol. The summed E-state index contributed by atoms with van der Waals surface area (Å²) in [5.74, 6) is 2.38. The van der Waals surface area contributed by atoms with Crippen LogP contribution in [0.25, 0.3) is 22.5 Å². The Hall–Kier alpha value is -3.42. The first-order valence-electron chi connectivity index (χ1n) is 8.93. The molecule has 27 heavy (non-hydrogen) atoms. The van der Waals surface area contributed by atoms with Gasteiger partial charge in [-0.25, -0.2) is 14.8 Å². The quantitative estimate of drug-likeness (QED) is 0.568. The highest BCUT2D eigenvalue weighted by Crippen LogP contribution is 2.29. The molecule has 3 aromatic heterocycles. The Morgan fingerprint density at radius 2 is 1.93 bits per heavy atom. The van der Waals surface area contributed by atoms with E-state index in [1.807, 2.05) is 48.1 Å². The van der Waals surface area contributed by atoms with Crippen LogP contribution in [-0.4, -0.2) is 40.4 Å². The number of benzene rings is 1. The van der Waals surface area contributed by atoms with Gasteiger partial charge >= 0.3 is 0 Å². The first-order chi connectivity index (χ1) is 13.2. The van der Waals surface area contributed by atoms with Gasteiger partial charge in [0.1, 0.15) is 11.6 Å². The van der Waals surface area contributed by atoms with Crippen molar-refractivity contribution < 1.29 is 0 Å². The van der Waals surface area contributed by atoms with Crippen molar-refractivity contribution in [2.75, 3.05) is 0 Å². The number of hydrogen-bond donors (Lipinski definition) is 1. The number of aryl methyl sites for hydroxylation is 2. The van der Waals surface area contributed by atoms with E-state index in [0.717, 1.165) is 47.0 Å². The van der Waals surface area contributed by atoms with Crippen LogP contribution in [-0.2, 0) is 13.0 Å². The lowest BCUT2D eigenvalue weighted by atomic mass is 10.0. The fourth-order valence-corrected chi connectivity index (χ4v) is 3.09. The highest BCUT2D eigenvalue weighted by Gasteiger charge is 2.12. The highest BCUT2D eigenvalue weighted by molar-refractivity contribution is 5.79. The van der Waals surface area contributed by atoms with Gasteiger partial charge in [-0.2, -0.15) is 5.10 Å². The molecule has 0 spiro atoms. The Labute approximate surface area is 156 Å². The summed E-state index contributed by atoms with van der Waals surface area (Å²) >= 11 is 0. The van der Waals surface area contributed by atoms with Crippen molar-refractivity contribution in [2.45, 2.75) is 33.2 Å². The van der Waals surface area contributed by atoms with Crippen LogP contribution in [0.2, 0.25) is 0 Å². The number of nitrogens with zero attached hydrogens (tertiary/aromatic N) is 7. The normalized spacial score (nSPS) is 11.0. The molecule has 0 saturated carbocycles. The number of nitrogens with one attached hydrogen (secondary N) is 1. The molecule has 8 nitrogen and oxygen atoms in total. The van der Waals surface area contributed by atoms with Gasteiger partial charge in [-0.15, -0.1) is 5.10 Å². The molecule has 4 aromatic rings. The maximum atomic E-state index is 4.64. The molecule has 0 atom stereocenters. The molecule has 1 aromatic carbocycles. The molecular formula is C19H20N8. The zero-order valence-corrected chi connectivity index (χ0v) is 15.3. The number of tetrazole rings is 1. The van der Waals surface area contributed by atoms with Crippen molar-refractivity contribution in [3.8, 4) is 22.5 Å². The third-order valence-corrected chi connectivity index (χ3v) is 4.29. The summed E-state index contributed by atoms with van der Waals surface area (Å²) in [6.07, 6.45) is 3.57. The first-order valence-corrected chi connectivity index (χ1v) is 8.93. The van der Waals surface area contributed by atoms with Crippen LogP contribution in [0, 0.1) is 6.92 Å². The van der Waals surface area contributed by atoms with Gasteiger partial charge < -0.3 is 0 Å². The fourth-order valence-electron chi connectivity index (χ4n) is 3.09. The van der Waals surface area contributed by atoms with E-state index in [9.17, 15) is 0 Å². The molecule has 1 N–H and O–H groups in total. The predicted octanol–water partition coefficient (Wildman–Crippen LogP) is 2.83. The Morgan fingerprint density at radius 1 is 1.07 bits per heavy atom. The van der Waals surface area contributed by atoms with Gasteiger partial charge in [-0.05, 0) is 35.4 Å². The maximum Gasteiger partial charge on any atom is 0.180 e. The summed E-state index contributed by atoms with van der Waals surface area (Å²) < 4.78 is 1.97. The van der Waals surface area contributed by atoms with Gasteiger partial charge in [0.2, 0.25) is 0 Å². The van der Waals surface area contributed by atoms with Crippen LogP contribution in [0.5, 0.6) is 0 Å². The number of aromatic nitrogens is 8. The Morgan fingerprint density at radius 3 is 2.63 bits per heavy atom. The molecule has 3 heterocycles. The SMILES string of the molecule is CCCn1nc(C)nc1Cc1ccc(-c2ccccc2-c2nnn[nH]2)cn1. The molecule has 0 aliphatic carbocycles. The Balaban J connectivity index is 1.61. The summed E-state index contributed by atoms with van der Waals surface area (Å²) in [4.78, 5) is 9.18. The van der Waals surface area contributed by atoms with E-state index in [1.165, 1.54) is 0 Å². The van der Waals surface area contributed by atoms with Gasteiger partial charge in [0.05, 0.1) is 0 Å². The second-order valence-corrected chi connectivity index (χ2v) is 6.31.